The fourth-order valence-electron chi connectivity index (χ4n) is 1.71. The largest absolute Gasteiger partial charge is 0.457 e. The fraction of sp³-hybridized carbons (Fsp3) is 0.231. The minimum Gasteiger partial charge on any atom is -0.457 e. The summed E-state index contributed by atoms with van der Waals surface area (Å²) in [6.07, 6.45) is 2.66. The summed E-state index contributed by atoms with van der Waals surface area (Å²) in [4.78, 5) is 0. The van der Waals surface area contributed by atoms with E-state index in [0.717, 1.165) is 17.5 Å². The van der Waals surface area contributed by atoms with Crippen molar-refractivity contribution >= 4 is 15.9 Å². The van der Waals surface area contributed by atoms with Crippen LogP contribution in [0.25, 0.3) is 0 Å². The minimum atomic E-state index is -0.139. The van der Waals surface area contributed by atoms with Gasteiger partial charge in [-0.25, -0.2) is 0 Å². The first kappa shape index (κ1) is 11.4. The predicted molar refractivity (Wildman–Crippen MR) is 68.3 cm³/mol. The standard InChI is InChI=1S/C13H14BrNO/c1-2-9-4-3-5-10(8-9)12(15)11-6-7-16-13(11)14/h3-8,12H,2,15H2,1H3. The zero-order valence-electron chi connectivity index (χ0n) is 9.11. The van der Waals surface area contributed by atoms with Crippen LogP contribution >= 0.6 is 15.9 Å². The Morgan fingerprint density at radius 1 is 1.38 bits per heavy atom. The second-order valence-corrected chi connectivity index (χ2v) is 4.45. The van der Waals surface area contributed by atoms with Gasteiger partial charge >= 0.3 is 0 Å². The molecule has 3 heteroatoms. The smallest absolute Gasteiger partial charge is 0.174 e. The summed E-state index contributed by atoms with van der Waals surface area (Å²) < 4.78 is 5.91. The molecule has 0 aliphatic heterocycles. The Balaban J connectivity index is 2.33. The monoisotopic (exact) mass is 279 g/mol. The van der Waals surface area contributed by atoms with Crippen molar-refractivity contribution < 1.29 is 4.42 Å². The van der Waals surface area contributed by atoms with E-state index in [-0.39, 0.29) is 6.04 Å². The van der Waals surface area contributed by atoms with E-state index in [1.165, 1.54) is 5.56 Å². The van der Waals surface area contributed by atoms with Crippen LogP contribution in [0.5, 0.6) is 0 Å². The van der Waals surface area contributed by atoms with Gasteiger partial charge in [0.15, 0.2) is 4.67 Å². The average Bonchev–Trinajstić information content (AvgIpc) is 2.74. The summed E-state index contributed by atoms with van der Waals surface area (Å²) >= 11 is 3.35. The highest BCUT2D eigenvalue weighted by Crippen LogP contribution is 2.28. The van der Waals surface area contributed by atoms with Gasteiger partial charge in [0.2, 0.25) is 0 Å². The lowest BCUT2D eigenvalue weighted by atomic mass is 9.99. The molecule has 1 aromatic carbocycles. The van der Waals surface area contributed by atoms with Crippen LogP contribution in [0.3, 0.4) is 0 Å². The molecule has 0 saturated carbocycles. The number of furan rings is 1. The molecule has 0 saturated heterocycles. The molecule has 0 fully saturated rings. The number of nitrogens with two attached hydrogens (primary N) is 1. The van der Waals surface area contributed by atoms with Gasteiger partial charge in [0.25, 0.3) is 0 Å². The lowest BCUT2D eigenvalue weighted by Gasteiger charge is -2.11. The molecule has 0 aliphatic rings. The Morgan fingerprint density at radius 2 is 2.19 bits per heavy atom. The normalized spacial score (nSPS) is 12.7. The summed E-state index contributed by atoms with van der Waals surface area (Å²) in [5.74, 6) is 0. The summed E-state index contributed by atoms with van der Waals surface area (Å²) in [7, 11) is 0. The molecule has 1 atom stereocenters. The number of hydrogen-bond donors (Lipinski definition) is 1. The van der Waals surface area contributed by atoms with E-state index in [1.807, 2.05) is 18.2 Å². The number of rotatable bonds is 3. The Labute approximate surface area is 104 Å². The van der Waals surface area contributed by atoms with E-state index in [4.69, 9.17) is 10.2 Å². The lowest BCUT2D eigenvalue weighted by molar-refractivity contribution is 0.534. The SMILES string of the molecule is CCc1cccc(C(N)c2ccoc2Br)c1. The van der Waals surface area contributed by atoms with Crippen LogP contribution in [0.15, 0.2) is 45.7 Å². The number of aryl methyl sites for hydroxylation is 1. The molecule has 0 spiro atoms. The van der Waals surface area contributed by atoms with Crippen molar-refractivity contribution in [3.05, 3.63) is 58.0 Å². The zero-order chi connectivity index (χ0) is 11.5. The Kier molecular flexibility index (Phi) is 3.46. The quantitative estimate of drug-likeness (QED) is 0.932. The van der Waals surface area contributed by atoms with Crippen molar-refractivity contribution in [3.63, 3.8) is 0 Å². The molecule has 16 heavy (non-hydrogen) atoms. The van der Waals surface area contributed by atoms with Gasteiger partial charge in [-0.3, -0.25) is 0 Å². The third-order valence-electron chi connectivity index (χ3n) is 2.70. The molecule has 2 rings (SSSR count). The molecule has 0 aliphatic carbocycles. The third-order valence-corrected chi connectivity index (χ3v) is 3.34. The molecule has 2 N–H and O–H groups in total. The van der Waals surface area contributed by atoms with E-state index in [0.29, 0.717) is 4.67 Å². The first-order chi connectivity index (χ1) is 7.72. The second-order valence-electron chi connectivity index (χ2n) is 3.73. The van der Waals surface area contributed by atoms with E-state index >= 15 is 0 Å². The maximum absolute atomic E-state index is 6.20. The van der Waals surface area contributed by atoms with E-state index in [1.54, 1.807) is 6.26 Å². The molecule has 0 radical (unpaired) electrons. The molecule has 0 bridgehead atoms. The molecule has 2 aromatic rings. The van der Waals surface area contributed by atoms with Gasteiger partial charge in [-0.05, 0) is 39.5 Å². The number of hydrogen-bond acceptors (Lipinski definition) is 2. The first-order valence-electron chi connectivity index (χ1n) is 5.29. The molecule has 1 heterocycles. The molecule has 1 unspecified atom stereocenters. The van der Waals surface area contributed by atoms with Gasteiger partial charge < -0.3 is 10.2 Å². The van der Waals surface area contributed by atoms with Crippen molar-refractivity contribution in [2.45, 2.75) is 19.4 Å². The maximum Gasteiger partial charge on any atom is 0.174 e. The van der Waals surface area contributed by atoms with Crippen LogP contribution in [-0.4, -0.2) is 0 Å². The molecular formula is C13H14BrNO. The van der Waals surface area contributed by atoms with Gasteiger partial charge in [-0.1, -0.05) is 31.2 Å². The lowest BCUT2D eigenvalue weighted by Crippen LogP contribution is -2.11. The molecule has 2 nitrogen and oxygen atoms in total. The van der Waals surface area contributed by atoms with Crippen molar-refractivity contribution in [3.8, 4) is 0 Å². The topological polar surface area (TPSA) is 39.2 Å². The number of halogens is 1. The van der Waals surface area contributed by atoms with Crippen LogP contribution < -0.4 is 5.73 Å². The van der Waals surface area contributed by atoms with Crippen molar-refractivity contribution in [2.75, 3.05) is 0 Å². The van der Waals surface area contributed by atoms with E-state index in [2.05, 4.69) is 35.0 Å². The van der Waals surface area contributed by atoms with Gasteiger partial charge in [0, 0.05) is 5.56 Å². The summed E-state index contributed by atoms with van der Waals surface area (Å²) in [6, 6.07) is 10.1. The minimum absolute atomic E-state index is 0.139. The highest BCUT2D eigenvalue weighted by atomic mass is 79.9. The summed E-state index contributed by atoms with van der Waals surface area (Å²) in [5, 5.41) is 0. The van der Waals surface area contributed by atoms with Crippen LogP contribution in [0, 0.1) is 0 Å². The fourth-order valence-corrected chi connectivity index (χ4v) is 2.20. The second kappa shape index (κ2) is 4.85. The van der Waals surface area contributed by atoms with Crippen LogP contribution in [0.2, 0.25) is 0 Å². The number of benzene rings is 1. The van der Waals surface area contributed by atoms with Crippen LogP contribution in [-0.2, 0) is 6.42 Å². The average molecular weight is 280 g/mol. The third kappa shape index (κ3) is 2.20. The van der Waals surface area contributed by atoms with Crippen molar-refractivity contribution in [1.29, 1.82) is 0 Å². The predicted octanol–water partition coefficient (Wildman–Crippen LogP) is 3.65. The van der Waals surface area contributed by atoms with Crippen LogP contribution in [0.1, 0.15) is 29.7 Å². The first-order valence-corrected chi connectivity index (χ1v) is 6.09. The summed E-state index contributed by atoms with van der Waals surface area (Å²) in [6.45, 7) is 2.14. The zero-order valence-corrected chi connectivity index (χ0v) is 10.7. The van der Waals surface area contributed by atoms with Gasteiger partial charge in [-0.2, -0.15) is 0 Å². The molecular weight excluding hydrogens is 266 g/mol. The van der Waals surface area contributed by atoms with Gasteiger partial charge in [-0.15, -0.1) is 0 Å². The maximum atomic E-state index is 6.20. The molecule has 1 aromatic heterocycles. The van der Waals surface area contributed by atoms with Gasteiger partial charge in [0.1, 0.15) is 0 Å². The Hall–Kier alpha value is -1.06. The van der Waals surface area contributed by atoms with Crippen molar-refractivity contribution in [2.24, 2.45) is 5.73 Å². The molecule has 84 valence electrons. The highest BCUT2D eigenvalue weighted by Gasteiger charge is 2.14. The molecule has 0 amide bonds. The Morgan fingerprint density at radius 3 is 2.81 bits per heavy atom. The van der Waals surface area contributed by atoms with Crippen molar-refractivity contribution in [1.82, 2.24) is 0 Å². The van der Waals surface area contributed by atoms with E-state index in [9.17, 15) is 0 Å². The van der Waals surface area contributed by atoms with Gasteiger partial charge in [0.05, 0.1) is 12.3 Å². The van der Waals surface area contributed by atoms with Crippen LogP contribution in [0.4, 0.5) is 0 Å². The highest BCUT2D eigenvalue weighted by molar-refractivity contribution is 9.10. The Bertz CT molecular complexity index is 478. The summed E-state index contributed by atoms with van der Waals surface area (Å²) in [5.41, 5.74) is 9.59. The van der Waals surface area contributed by atoms with E-state index < -0.39 is 0 Å².